The number of rotatable bonds is 6. The van der Waals surface area contributed by atoms with E-state index in [0.717, 1.165) is 48.4 Å². The number of nitrogens with two attached hydrogens (primary N) is 2. The smallest absolute Gasteiger partial charge is 0.223 e. The van der Waals surface area contributed by atoms with Crippen LogP contribution in [0.1, 0.15) is 44.1 Å². The predicted octanol–water partition coefficient (Wildman–Crippen LogP) is 4.07. The normalized spacial score (nSPS) is 17.9. The molecule has 1 saturated carbocycles. The lowest BCUT2D eigenvalue weighted by Gasteiger charge is -2.37. The molecule has 152 valence electrons. The van der Waals surface area contributed by atoms with Crippen molar-refractivity contribution in [1.29, 1.82) is 0 Å². The lowest BCUT2D eigenvalue weighted by Crippen LogP contribution is -2.45. The van der Waals surface area contributed by atoms with E-state index in [2.05, 4.69) is 4.99 Å². The highest BCUT2D eigenvalue weighted by Gasteiger charge is 2.38. The Bertz CT molecular complexity index is 904. The zero-order valence-corrected chi connectivity index (χ0v) is 16.6. The number of guanidine groups is 1. The summed E-state index contributed by atoms with van der Waals surface area (Å²) in [7, 11) is 0. The Morgan fingerprint density at radius 1 is 1.07 bits per heavy atom. The number of carbonyl (C=O) groups excluding carboxylic acids is 1. The van der Waals surface area contributed by atoms with Crippen LogP contribution >= 0.6 is 0 Å². The van der Waals surface area contributed by atoms with Gasteiger partial charge in [0.2, 0.25) is 5.91 Å². The van der Waals surface area contributed by atoms with E-state index in [-0.39, 0.29) is 5.91 Å². The van der Waals surface area contributed by atoms with E-state index in [1.54, 1.807) is 0 Å². The first kappa shape index (κ1) is 19.3. The van der Waals surface area contributed by atoms with Crippen LogP contribution in [-0.4, -0.2) is 23.3 Å². The van der Waals surface area contributed by atoms with Crippen molar-refractivity contribution in [2.24, 2.45) is 21.9 Å². The predicted molar refractivity (Wildman–Crippen MR) is 114 cm³/mol. The van der Waals surface area contributed by atoms with Crippen LogP contribution in [0.25, 0.3) is 0 Å². The van der Waals surface area contributed by atoms with Gasteiger partial charge in [-0.15, -0.1) is 0 Å². The summed E-state index contributed by atoms with van der Waals surface area (Å²) in [6.07, 6.45) is 5.77. The van der Waals surface area contributed by atoms with E-state index in [1.165, 1.54) is 6.42 Å². The standard InChI is InChI=1S/C23H28N4O2/c24-21(28)23(11-5-2-6-12-23)13-14-27-16-17-15-19(9-10-20(17)26-22(27)25)29-18-7-3-1-4-8-18/h1,3-4,7-10,15H,2,5-6,11-14,16H2,(H2,24,28)(H2,25,26). The van der Waals surface area contributed by atoms with Crippen molar-refractivity contribution in [3.63, 3.8) is 0 Å². The molecule has 1 fully saturated rings. The van der Waals surface area contributed by atoms with E-state index in [1.807, 2.05) is 53.4 Å². The van der Waals surface area contributed by atoms with Crippen LogP contribution in [0.4, 0.5) is 5.69 Å². The average molecular weight is 393 g/mol. The summed E-state index contributed by atoms with van der Waals surface area (Å²) in [6, 6.07) is 15.5. The summed E-state index contributed by atoms with van der Waals surface area (Å²) < 4.78 is 5.95. The van der Waals surface area contributed by atoms with Crippen molar-refractivity contribution in [1.82, 2.24) is 4.90 Å². The number of primary amides is 1. The molecule has 1 amide bonds. The summed E-state index contributed by atoms with van der Waals surface area (Å²) in [6.45, 7) is 1.31. The average Bonchev–Trinajstić information content (AvgIpc) is 2.74. The Labute approximate surface area is 171 Å². The van der Waals surface area contributed by atoms with Crippen molar-refractivity contribution in [3.8, 4) is 11.5 Å². The van der Waals surface area contributed by atoms with Gasteiger partial charge in [-0.3, -0.25) is 4.79 Å². The fourth-order valence-electron chi connectivity index (χ4n) is 4.36. The number of nitrogens with zero attached hydrogens (tertiary/aromatic N) is 2. The molecule has 4 rings (SSSR count). The molecule has 2 aliphatic rings. The maximum atomic E-state index is 12.2. The Hall–Kier alpha value is -3.02. The molecule has 1 aliphatic carbocycles. The fraction of sp³-hybridized carbons (Fsp3) is 0.391. The Morgan fingerprint density at radius 2 is 1.83 bits per heavy atom. The molecule has 1 heterocycles. The van der Waals surface area contributed by atoms with Crippen LogP contribution in [0.3, 0.4) is 0 Å². The first-order chi connectivity index (χ1) is 14.1. The van der Waals surface area contributed by atoms with Gasteiger partial charge in [0.15, 0.2) is 5.96 Å². The summed E-state index contributed by atoms with van der Waals surface area (Å²) in [4.78, 5) is 18.8. The van der Waals surface area contributed by atoms with Crippen LogP contribution in [0, 0.1) is 5.41 Å². The van der Waals surface area contributed by atoms with Gasteiger partial charge in [-0.05, 0) is 49.6 Å². The second-order valence-electron chi connectivity index (χ2n) is 8.05. The maximum absolute atomic E-state index is 12.2. The quantitative estimate of drug-likeness (QED) is 0.775. The SMILES string of the molecule is NC(=O)C1(CCN2Cc3cc(Oc4ccccc4)ccc3N=C2N)CCCCC1. The molecule has 0 atom stereocenters. The minimum absolute atomic E-state index is 0.177. The van der Waals surface area contributed by atoms with E-state index in [4.69, 9.17) is 16.2 Å². The third kappa shape index (κ3) is 4.21. The lowest BCUT2D eigenvalue weighted by atomic mass is 9.71. The third-order valence-electron chi connectivity index (χ3n) is 6.14. The summed E-state index contributed by atoms with van der Waals surface area (Å²) in [5.41, 5.74) is 13.5. The zero-order chi connectivity index (χ0) is 20.3. The molecule has 4 N–H and O–H groups in total. The number of hydrogen-bond donors (Lipinski definition) is 2. The summed E-state index contributed by atoms with van der Waals surface area (Å²) >= 11 is 0. The van der Waals surface area contributed by atoms with Crippen molar-refractivity contribution in [3.05, 3.63) is 54.1 Å². The number of aliphatic imine (C=N–C) groups is 1. The topological polar surface area (TPSA) is 93.9 Å². The molecule has 2 aromatic rings. The fourth-order valence-corrected chi connectivity index (χ4v) is 4.36. The Morgan fingerprint density at radius 3 is 2.55 bits per heavy atom. The van der Waals surface area contributed by atoms with Gasteiger partial charge in [-0.25, -0.2) is 4.99 Å². The van der Waals surface area contributed by atoms with E-state index in [9.17, 15) is 4.79 Å². The van der Waals surface area contributed by atoms with Crippen LogP contribution in [-0.2, 0) is 11.3 Å². The summed E-state index contributed by atoms with van der Waals surface area (Å²) in [5, 5.41) is 0. The first-order valence-corrected chi connectivity index (χ1v) is 10.3. The lowest BCUT2D eigenvalue weighted by molar-refractivity contribution is -0.130. The van der Waals surface area contributed by atoms with Gasteiger partial charge in [-0.1, -0.05) is 37.5 Å². The van der Waals surface area contributed by atoms with Crippen molar-refractivity contribution < 1.29 is 9.53 Å². The van der Waals surface area contributed by atoms with Gasteiger partial charge in [0, 0.05) is 18.7 Å². The monoisotopic (exact) mass is 392 g/mol. The minimum Gasteiger partial charge on any atom is -0.457 e. The summed E-state index contributed by atoms with van der Waals surface area (Å²) in [5.74, 6) is 1.88. The van der Waals surface area contributed by atoms with Gasteiger partial charge >= 0.3 is 0 Å². The number of benzene rings is 2. The van der Waals surface area contributed by atoms with Gasteiger partial charge in [0.25, 0.3) is 0 Å². The second-order valence-corrected chi connectivity index (χ2v) is 8.05. The van der Waals surface area contributed by atoms with Gasteiger partial charge < -0.3 is 21.1 Å². The van der Waals surface area contributed by atoms with E-state index in [0.29, 0.717) is 25.5 Å². The zero-order valence-electron chi connectivity index (χ0n) is 16.6. The van der Waals surface area contributed by atoms with Crippen molar-refractivity contribution >= 4 is 17.6 Å². The van der Waals surface area contributed by atoms with Crippen LogP contribution in [0.5, 0.6) is 11.5 Å². The molecular formula is C23H28N4O2. The number of ether oxygens (including phenoxy) is 1. The largest absolute Gasteiger partial charge is 0.457 e. The highest BCUT2D eigenvalue weighted by molar-refractivity contribution is 5.84. The molecule has 0 aromatic heterocycles. The van der Waals surface area contributed by atoms with Gasteiger partial charge in [-0.2, -0.15) is 0 Å². The van der Waals surface area contributed by atoms with E-state index >= 15 is 0 Å². The third-order valence-corrected chi connectivity index (χ3v) is 6.14. The Balaban J connectivity index is 1.47. The highest BCUT2D eigenvalue weighted by Crippen LogP contribution is 2.40. The number of hydrogen-bond acceptors (Lipinski definition) is 5. The number of amides is 1. The van der Waals surface area contributed by atoms with Crippen molar-refractivity contribution in [2.45, 2.75) is 45.1 Å². The van der Waals surface area contributed by atoms with Gasteiger partial charge in [0.1, 0.15) is 11.5 Å². The van der Waals surface area contributed by atoms with Gasteiger partial charge in [0.05, 0.1) is 11.1 Å². The molecule has 0 radical (unpaired) electrons. The second kappa shape index (κ2) is 8.15. The molecule has 29 heavy (non-hydrogen) atoms. The number of fused-ring (bicyclic) bond motifs is 1. The number of carbonyl (C=O) groups is 1. The molecule has 0 bridgehead atoms. The molecule has 2 aromatic carbocycles. The van der Waals surface area contributed by atoms with Crippen LogP contribution < -0.4 is 16.2 Å². The molecule has 0 unspecified atom stereocenters. The molecule has 6 heteroatoms. The van der Waals surface area contributed by atoms with Crippen LogP contribution in [0.15, 0.2) is 53.5 Å². The van der Waals surface area contributed by atoms with Crippen LogP contribution in [0.2, 0.25) is 0 Å². The molecular weight excluding hydrogens is 364 g/mol. The molecule has 6 nitrogen and oxygen atoms in total. The number of para-hydroxylation sites is 1. The molecule has 1 aliphatic heterocycles. The minimum atomic E-state index is -0.406. The van der Waals surface area contributed by atoms with Crippen molar-refractivity contribution in [2.75, 3.05) is 6.54 Å². The van der Waals surface area contributed by atoms with E-state index < -0.39 is 5.41 Å². The Kier molecular flexibility index (Phi) is 5.43. The highest BCUT2D eigenvalue weighted by atomic mass is 16.5. The maximum Gasteiger partial charge on any atom is 0.223 e. The first-order valence-electron chi connectivity index (χ1n) is 10.3. The molecule has 0 spiro atoms. The molecule has 0 saturated heterocycles.